The molecule has 4 rings (SSSR count). The van der Waals surface area contributed by atoms with Crippen LogP contribution >= 0.6 is 11.6 Å². The average molecular weight is 401 g/mol. The summed E-state index contributed by atoms with van der Waals surface area (Å²) in [6.45, 7) is 0.987. The van der Waals surface area contributed by atoms with Crippen LogP contribution in [0.25, 0.3) is 0 Å². The van der Waals surface area contributed by atoms with Gasteiger partial charge in [0.2, 0.25) is 5.91 Å². The molecular formula is C21H21ClN2O4. The fourth-order valence-electron chi connectivity index (χ4n) is 3.06. The lowest BCUT2D eigenvalue weighted by molar-refractivity contribution is -0.121. The van der Waals surface area contributed by atoms with E-state index in [0.29, 0.717) is 41.7 Å². The van der Waals surface area contributed by atoms with Crippen LogP contribution in [-0.2, 0) is 9.59 Å². The molecule has 2 aromatic carbocycles. The van der Waals surface area contributed by atoms with E-state index in [4.69, 9.17) is 21.1 Å². The summed E-state index contributed by atoms with van der Waals surface area (Å²) in [5.74, 6) is 1.43. The van der Waals surface area contributed by atoms with Gasteiger partial charge < -0.3 is 19.7 Å². The van der Waals surface area contributed by atoms with Gasteiger partial charge >= 0.3 is 0 Å². The smallest absolute Gasteiger partial charge is 0.265 e. The molecule has 0 spiro atoms. The van der Waals surface area contributed by atoms with E-state index < -0.39 is 0 Å². The minimum absolute atomic E-state index is 0.0127. The minimum Gasteiger partial charge on any atom is -0.494 e. The van der Waals surface area contributed by atoms with Crippen LogP contribution in [0.2, 0.25) is 5.02 Å². The molecule has 7 heteroatoms. The molecule has 2 aliphatic rings. The number of hydrogen-bond donors (Lipinski definition) is 1. The maximum absolute atomic E-state index is 12.4. The number of anilines is 2. The molecule has 0 aromatic heterocycles. The van der Waals surface area contributed by atoms with Crippen molar-refractivity contribution in [1.82, 2.24) is 0 Å². The fourth-order valence-corrected chi connectivity index (χ4v) is 3.18. The molecule has 0 unspecified atom stereocenters. The van der Waals surface area contributed by atoms with Gasteiger partial charge in [-0.15, -0.1) is 0 Å². The summed E-state index contributed by atoms with van der Waals surface area (Å²) < 4.78 is 11.2. The van der Waals surface area contributed by atoms with Crippen molar-refractivity contribution >= 4 is 34.8 Å². The summed E-state index contributed by atoms with van der Waals surface area (Å²) in [5.41, 5.74) is 1.35. The van der Waals surface area contributed by atoms with Gasteiger partial charge in [-0.05, 0) is 61.7 Å². The average Bonchev–Trinajstić information content (AvgIpc) is 3.53. The molecule has 1 N–H and O–H groups in total. The Labute approximate surface area is 168 Å². The van der Waals surface area contributed by atoms with Crippen LogP contribution in [0.5, 0.6) is 11.5 Å². The predicted molar refractivity (Wildman–Crippen MR) is 107 cm³/mol. The molecule has 0 bridgehead atoms. The molecule has 146 valence electrons. The highest BCUT2D eigenvalue weighted by Crippen LogP contribution is 2.36. The van der Waals surface area contributed by atoms with Crippen LogP contribution in [0.3, 0.4) is 0 Å². The Morgan fingerprint density at radius 3 is 2.75 bits per heavy atom. The lowest BCUT2D eigenvalue weighted by atomic mass is 10.2. The van der Waals surface area contributed by atoms with Gasteiger partial charge in [0.15, 0.2) is 6.61 Å². The van der Waals surface area contributed by atoms with Gasteiger partial charge in [0.1, 0.15) is 11.5 Å². The van der Waals surface area contributed by atoms with Crippen molar-refractivity contribution in [2.75, 3.05) is 30.0 Å². The summed E-state index contributed by atoms with van der Waals surface area (Å²) >= 11 is 5.87. The monoisotopic (exact) mass is 400 g/mol. The SMILES string of the molecule is O=C(Nc1ccc2c(c1)N(CCCOc1ccc(Cl)cc1)C(=O)CO2)C1CC1. The molecule has 28 heavy (non-hydrogen) atoms. The standard InChI is InChI=1S/C21H21ClN2O4/c22-15-4-7-17(8-5-15)27-11-1-10-24-18-12-16(23-21(26)14-2-3-14)6-9-19(18)28-13-20(24)25/h4-9,12,14H,1-3,10-11,13H2,(H,23,26). The molecule has 1 heterocycles. The molecule has 6 nitrogen and oxygen atoms in total. The van der Waals surface area contributed by atoms with Crippen molar-refractivity contribution in [3.05, 3.63) is 47.5 Å². The van der Waals surface area contributed by atoms with Crippen LogP contribution in [0.1, 0.15) is 19.3 Å². The highest BCUT2D eigenvalue weighted by atomic mass is 35.5. The predicted octanol–water partition coefficient (Wildman–Crippen LogP) is 3.88. The van der Waals surface area contributed by atoms with Gasteiger partial charge in [-0.1, -0.05) is 11.6 Å². The first-order valence-corrected chi connectivity index (χ1v) is 9.74. The van der Waals surface area contributed by atoms with E-state index in [-0.39, 0.29) is 24.3 Å². The first-order chi connectivity index (χ1) is 13.6. The molecule has 1 fully saturated rings. The third kappa shape index (κ3) is 4.39. The third-order valence-electron chi connectivity index (χ3n) is 4.73. The Morgan fingerprint density at radius 2 is 2.00 bits per heavy atom. The number of carbonyl (C=O) groups excluding carboxylic acids is 2. The number of rotatable bonds is 7. The zero-order valence-electron chi connectivity index (χ0n) is 15.3. The van der Waals surface area contributed by atoms with Gasteiger partial charge in [-0.2, -0.15) is 0 Å². The van der Waals surface area contributed by atoms with Crippen LogP contribution in [0, 0.1) is 5.92 Å². The molecule has 2 amide bonds. The van der Waals surface area contributed by atoms with E-state index in [1.807, 2.05) is 12.1 Å². The second-order valence-corrected chi connectivity index (χ2v) is 7.37. The van der Waals surface area contributed by atoms with E-state index in [2.05, 4.69) is 5.32 Å². The highest BCUT2D eigenvalue weighted by Gasteiger charge is 2.30. The topological polar surface area (TPSA) is 67.9 Å². The summed E-state index contributed by atoms with van der Waals surface area (Å²) in [5, 5.41) is 3.57. The van der Waals surface area contributed by atoms with Crippen molar-refractivity contribution < 1.29 is 19.1 Å². The number of halogens is 1. The van der Waals surface area contributed by atoms with E-state index >= 15 is 0 Å². The first kappa shape index (κ1) is 18.6. The molecule has 0 atom stereocenters. The maximum atomic E-state index is 12.4. The van der Waals surface area contributed by atoms with Crippen LogP contribution in [-0.4, -0.2) is 31.6 Å². The minimum atomic E-state index is -0.107. The maximum Gasteiger partial charge on any atom is 0.265 e. The third-order valence-corrected chi connectivity index (χ3v) is 4.98. The Hall–Kier alpha value is -2.73. The zero-order valence-corrected chi connectivity index (χ0v) is 16.1. The van der Waals surface area contributed by atoms with E-state index in [1.165, 1.54) is 0 Å². The van der Waals surface area contributed by atoms with Crippen LogP contribution in [0.4, 0.5) is 11.4 Å². The molecule has 1 aliphatic heterocycles. The zero-order chi connectivity index (χ0) is 19.5. The van der Waals surface area contributed by atoms with Crippen LogP contribution in [0.15, 0.2) is 42.5 Å². The van der Waals surface area contributed by atoms with E-state index in [1.54, 1.807) is 35.2 Å². The van der Waals surface area contributed by atoms with Crippen molar-refractivity contribution in [2.45, 2.75) is 19.3 Å². The number of nitrogens with zero attached hydrogens (tertiary/aromatic N) is 1. The Balaban J connectivity index is 1.38. The van der Waals surface area contributed by atoms with Crippen molar-refractivity contribution in [3.63, 3.8) is 0 Å². The normalized spacial score (nSPS) is 15.6. The summed E-state index contributed by atoms with van der Waals surface area (Å²) in [6.07, 6.45) is 2.54. The van der Waals surface area contributed by atoms with Crippen molar-refractivity contribution in [1.29, 1.82) is 0 Å². The lowest BCUT2D eigenvalue weighted by Gasteiger charge is -2.30. The number of amides is 2. The quantitative estimate of drug-likeness (QED) is 0.716. The summed E-state index contributed by atoms with van der Waals surface area (Å²) in [6, 6.07) is 12.6. The van der Waals surface area contributed by atoms with E-state index in [0.717, 1.165) is 18.6 Å². The molecular weight excluding hydrogens is 380 g/mol. The number of nitrogens with one attached hydrogen (secondary N) is 1. The van der Waals surface area contributed by atoms with Crippen LogP contribution < -0.4 is 19.7 Å². The molecule has 0 saturated heterocycles. The van der Waals surface area contributed by atoms with Gasteiger partial charge in [-0.25, -0.2) is 0 Å². The first-order valence-electron chi connectivity index (χ1n) is 9.36. The highest BCUT2D eigenvalue weighted by molar-refractivity contribution is 6.30. The van der Waals surface area contributed by atoms with Gasteiger partial charge in [0.05, 0.1) is 12.3 Å². The molecule has 1 aliphatic carbocycles. The Kier molecular flexibility index (Phi) is 5.39. The number of carbonyl (C=O) groups is 2. The fraction of sp³-hybridized carbons (Fsp3) is 0.333. The van der Waals surface area contributed by atoms with Gasteiger partial charge in [-0.3, -0.25) is 9.59 Å². The number of fused-ring (bicyclic) bond motifs is 1. The lowest BCUT2D eigenvalue weighted by Crippen LogP contribution is -2.39. The van der Waals surface area contributed by atoms with Gasteiger partial charge in [0, 0.05) is 23.2 Å². The molecule has 2 aromatic rings. The Morgan fingerprint density at radius 1 is 1.21 bits per heavy atom. The number of ether oxygens (including phenoxy) is 2. The van der Waals surface area contributed by atoms with E-state index in [9.17, 15) is 9.59 Å². The van der Waals surface area contributed by atoms with Crippen molar-refractivity contribution in [2.24, 2.45) is 5.92 Å². The van der Waals surface area contributed by atoms with Crippen molar-refractivity contribution in [3.8, 4) is 11.5 Å². The second-order valence-electron chi connectivity index (χ2n) is 6.94. The second kappa shape index (κ2) is 8.10. The summed E-state index contributed by atoms with van der Waals surface area (Å²) in [7, 11) is 0. The number of benzene rings is 2. The van der Waals surface area contributed by atoms with Gasteiger partial charge in [0.25, 0.3) is 5.91 Å². The number of hydrogen-bond acceptors (Lipinski definition) is 4. The Bertz CT molecular complexity index is 880. The largest absolute Gasteiger partial charge is 0.494 e. The molecule has 1 saturated carbocycles. The summed E-state index contributed by atoms with van der Waals surface area (Å²) in [4.78, 5) is 26.1. The molecule has 0 radical (unpaired) electrons.